The quantitative estimate of drug-likeness (QED) is 0.850. The number of nitrogens with zero attached hydrogens (tertiary/aromatic N) is 2. The highest BCUT2D eigenvalue weighted by Gasteiger charge is 2.32. The van der Waals surface area contributed by atoms with Crippen molar-refractivity contribution in [2.75, 3.05) is 43.4 Å². The van der Waals surface area contributed by atoms with Gasteiger partial charge in [-0.2, -0.15) is 13.2 Å². The van der Waals surface area contributed by atoms with Crippen LogP contribution in [-0.4, -0.2) is 43.8 Å². The van der Waals surface area contributed by atoms with Gasteiger partial charge < -0.3 is 10.6 Å². The van der Waals surface area contributed by atoms with Crippen molar-refractivity contribution in [3.05, 3.63) is 24.3 Å². The number of hydrogen-bond donors (Lipinski definition) is 1. The van der Waals surface area contributed by atoms with Gasteiger partial charge in [0, 0.05) is 37.6 Å². The normalized spacial score (nSPS) is 16.6. The highest BCUT2D eigenvalue weighted by molar-refractivity contribution is 5.53. The second-order valence-corrected chi connectivity index (χ2v) is 4.47. The van der Waals surface area contributed by atoms with Crippen molar-refractivity contribution in [1.82, 2.24) is 4.90 Å². The molecular formula is C14H22F3N3. The number of rotatable bonds is 2. The summed E-state index contributed by atoms with van der Waals surface area (Å²) in [5.74, 6) is 0. The van der Waals surface area contributed by atoms with Crippen LogP contribution >= 0.6 is 0 Å². The minimum Gasteiger partial charge on any atom is -0.399 e. The molecule has 0 spiro atoms. The van der Waals surface area contributed by atoms with E-state index < -0.39 is 12.7 Å². The van der Waals surface area contributed by atoms with Gasteiger partial charge in [0.1, 0.15) is 0 Å². The number of nitrogen functional groups attached to an aromatic ring is 1. The zero-order chi connectivity index (χ0) is 15.2. The monoisotopic (exact) mass is 289 g/mol. The third-order valence-corrected chi connectivity index (χ3v) is 3.03. The molecule has 0 saturated carbocycles. The van der Waals surface area contributed by atoms with Gasteiger partial charge in [-0.3, -0.25) is 4.90 Å². The largest absolute Gasteiger partial charge is 0.401 e. The van der Waals surface area contributed by atoms with Crippen molar-refractivity contribution in [2.24, 2.45) is 0 Å². The molecule has 0 unspecified atom stereocenters. The summed E-state index contributed by atoms with van der Waals surface area (Å²) < 4.78 is 36.7. The summed E-state index contributed by atoms with van der Waals surface area (Å²) in [6.07, 6.45) is -4.11. The molecule has 1 saturated heterocycles. The topological polar surface area (TPSA) is 32.5 Å². The molecule has 1 heterocycles. The van der Waals surface area contributed by atoms with Gasteiger partial charge in [0.2, 0.25) is 0 Å². The molecule has 1 fully saturated rings. The minimum absolute atomic E-state index is 0.434. The lowest BCUT2D eigenvalue weighted by Gasteiger charge is -2.36. The molecule has 2 rings (SSSR count). The molecule has 0 amide bonds. The first-order chi connectivity index (χ1) is 9.44. The zero-order valence-electron chi connectivity index (χ0n) is 12.0. The molecule has 0 aliphatic carbocycles. The van der Waals surface area contributed by atoms with Crippen LogP contribution in [0.1, 0.15) is 13.8 Å². The molecule has 0 radical (unpaired) electrons. The second kappa shape index (κ2) is 7.38. The average molecular weight is 289 g/mol. The van der Waals surface area contributed by atoms with E-state index in [1.165, 1.54) is 4.90 Å². The fraction of sp³-hybridized carbons (Fsp3) is 0.571. The molecule has 3 nitrogen and oxygen atoms in total. The predicted molar refractivity (Wildman–Crippen MR) is 76.9 cm³/mol. The average Bonchev–Trinajstić information content (AvgIpc) is 2.41. The molecule has 0 bridgehead atoms. The van der Waals surface area contributed by atoms with Gasteiger partial charge in [-0.05, 0) is 24.3 Å². The van der Waals surface area contributed by atoms with Gasteiger partial charge in [0.15, 0.2) is 0 Å². The summed E-state index contributed by atoms with van der Waals surface area (Å²) in [7, 11) is 0. The molecule has 1 aromatic rings. The van der Waals surface area contributed by atoms with Crippen molar-refractivity contribution in [3.63, 3.8) is 0 Å². The van der Waals surface area contributed by atoms with Gasteiger partial charge in [-0.25, -0.2) is 0 Å². The van der Waals surface area contributed by atoms with Gasteiger partial charge in [-0.1, -0.05) is 13.8 Å². The number of halogens is 3. The van der Waals surface area contributed by atoms with Crippen LogP contribution in [0.5, 0.6) is 0 Å². The summed E-state index contributed by atoms with van der Waals surface area (Å²) in [5.41, 5.74) is 7.30. The van der Waals surface area contributed by atoms with E-state index in [0.717, 1.165) is 5.69 Å². The maximum atomic E-state index is 12.2. The van der Waals surface area contributed by atoms with Crippen LogP contribution in [0.25, 0.3) is 0 Å². The van der Waals surface area contributed by atoms with Gasteiger partial charge >= 0.3 is 6.18 Å². The molecule has 1 aromatic carbocycles. The number of anilines is 2. The van der Waals surface area contributed by atoms with Crippen LogP contribution in [0.15, 0.2) is 24.3 Å². The zero-order valence-corrected chi connectivity index (χ0v) is 12.0. The van der Waals surface area contributed by atoms with Gasteiger partial charge in [0.25, 0.3) is 0 Å². The summed E-state index contributed by atoms with van der Waals surface area (Å²) in [5, 5.41) is 0. The first-order valence-electron chi connectivity index (χ1n) is 6.84. The Hall–Kier alpha value is -1.43. The summed E-state index contributed by atoms with van der Waals surface area (Å²) in [6, 6.07) is 7.40. The lowest BCUT2D eigenvalue weighted by Crippen LogP contribution is -2.49. The summed E-state index contributed by atoms with van der Waals surface area (Å²) in [6.45, 7) is 5.27. The lowest BCUT2D eigenvalue weighted by molar-refractivity contribution is -0.146. The highest BCUT2D eigenvalue weighted by Crippen LogP contribution is 2.21. The molecule has 0 atom stereocenters. The molecule has 2 N–H and O–H groups in total. The molecule has 0 aromatic heterocycles. The van der Waals surface area contributed by atoms with E-state index in [-0.39, 0.29) is 0 Å². The van der Waals surface area contributed by atoms with E-state index in [9.17, 15) is 13.2 Å². The summed E-state index contributed by atoms with van der Waals surface area (Å²) in [4.78, 5) is 3.51. The third kappa shape index (κ3) is 5.28. The van der Waals surface area contributed by atoms with Crippen LogP contribution < -0.4 is 10.6 Å². The Morgan fingerprint density at radius 2 is 1.50 bits per heavy atom. The molecule has 114 valence electrons. The Bertz CT molecular complexity index is 382. The van der Waals surface area contributed by atoms with E-state index in [0.29, 0.717) is 31.9 Å². The van der Waals surface area contributed by atoms with Crippen LogP contribution in [0.4, 0.5) is 24.5 Å². The minimum atomic E-state index is -4.11. The highest BCUT2D eigenvalue weighted by atomic mass is 19.4. The molecular weight excluding hydrogens is 267 g/mol. The Balaban J connectivity index is 0.000000956. The van der Waals surface area contributed by atoms with Crippen molar-refractivity contribution >= 4 is 11.4 Å². The van der Waals surface area contributed by atoms with Gasteiger partial charge in [0.05, 0.1) is 6.54 Å². The first-order valence-corrected chi connectivity index (χ1v) is 6.84. The first kappa shape index (κ1) is 16.6. The Kier molecular flexibility index (Phi) is 6.13. The molecule has 1 aliphatic rings. The van der Waals surface area contributed by atoms with Crippen LogP contribution in [-0.2, 0) is 0 Å². The summed E-state index contributed by atoms with van der Waals surface area (Å²) >= 11 is 0. The third-order valence-electron chi connectivity index (χ3n) is 3.03. The van der Waals surface area contributed by atoms with Crippen molar-refractivity contribution in [3.8, 4) is 0 Å². The Labute approximate surface area is 118 Å². The number of nitrogens with two attached hydrogens (primary N) is 1. The fourth-order valence-corrected chi connectivity index (χ4v) is 2.10. The van der Waals surface area contributed by atoms with E-state index in [2.05, 4.69) is 4.90 Å². The van der Waals surface area contributed by atoms with Crippen LogP contribution in [0.2, 0.25) is 0 Å². The SMILES string of the molecule is CC.Nc1ccc(N2CCN(CC(F)(F)F)CC2)cc1. The fourth-order valence-electron chi connectivity index (χ4n) is 2.10. The van der Waals surface area contributed by atoms with Gasteiger partial charge in [-0.15, -0.1) is 0 Å². The van der Waals surface area contributed by atoms with E-state index in [1.54, 1.807) is 12.1 Å². The number of hydrogen-bond acceptors (Lipinski definition) is 3. The number of piperazine rings is 1. The van der Waals surface area contributed by atoms with Crippen LogP contribution in [0.3, 0.4) is 0 Å². The van der Waals surface area contributed by atoms with Crippen molar-refractivity contribution in [2.45, 2.75) is 20.0 Å². The molecule has 1 aliphatic heterocycles. The standard InChI is InChI=1S/C12H16F3N3.C2H6/c13-12(14,15)9-17-5-7-18(8-6-17)11-3-1-10(16)2-4-11;1-2/h1-4H,5-9,16H2;1-2H3. The maximum Gasteiger partial charge on any atom is 0.401 e. The van der Waals surface area contributed by atoms with E-state index in [4.69, 9.17) is 5.73 Å². The van der Waals surface area contributed by atoms with E-state index in [1.807, 2.05) is 26.0 Å². The maximum absolute atomic E-state index is 12.2. The lowest BCUT2D eigenvalue weighted by atomic mass is 10.2. The number of benzene rings is 1. The van der Waals surface area contributed by atoms with Crippen molar-refractivity contribution < 1.29 is 13.2 Å². The number of alkyl halides is 3. The Morgan fingerprint density at radius 1 is 1.00 bits per heavy atom. The van der Waals surface area contributed by atoms with Crippen LogP contribution in [0, 0.1) is 0 Å². The molecule has 20 heavy (non-hydrogen) atoms. The molecule has 6 heteroatoms. The van der Waals surface area contributed by atoms with Crippen molar-refractivity contribution in [1.29, 1.82) is 0 Å². The second-order valence-electron chi connectivity index (χ2n) is 4.47. The van der Waals surface area contributed by atoms with E-state index >= 15 is 0 Å². The Morgan fingerprint density at radius 3 is 1.95 bits per heavy atom. The smallest absolute Gasteiger partial charge is 0.399 e. The predicted octanol–water partition coefficient (Wildman–Crippen LogP) is 2.98.